The van der Waals surface area contributed by atoms with Gasteiger partial charge >= 0.3 is 0 Å². The minimum absolute atomic E-state index is 0.00724. The lowest BCUT2D eigenvalue weighted by molar-refractivity contribution is -0.123. The summed E-state index contributed by atoms with van der Waals surface area (Å²) in [4.78, 5) is 29.6. The molecule has 0 saturated carbocycles. The third-order valence-electron chi connectivity index (χ3n) is 6.06. The van der Waals surface area contributed by atoms with Crippen LogP contribution in [0.25, 0.3) is 10.2 Å². The molecule has 1 unspecified atom stereocenters. The Kier molecular flexibility index (Phi) is 8.53. The number of piperidine rings is 1. The van der Waals surface area contributed by atoms with E-state index in [1.54, 1.807) is 6.07 Å². The first-order valence-electron chi connectivity index (χ1n) is 12.0. The van der Waals surface area contributed by atoms with Crippen molar-refractivity contribution in [2.45, 2.75) is 38.1 Å². The van der Waals surface area contributed by atoms with Gasteiger partial charge < -0.3 is 14.6 Å². The van der Waals surface area contributed by atoms with E-state index >= 15 is 0 Å². The number of carbonyl (C=O) groups is 2. The standard InChI is InChI=1S/C25H29FN4O5S2/c1-3-35-14-13-30-22-11-8-20(27-17(2)31)15-23(22)36-25(30)28-24(32)18-5-4-12-29(16-18)37(33,34)21-9-6-19(26)7-10-21/h6-11,15,18H,3-5,12-14,16H2,1-2H3,(H,27,31). The number of sulfonamides is 1. The Labute approximate surface area is 218 Å². The second-order valence-electron chi connectivity index (χ2n) is 8.70. The topological polar surface area (TPSA) is 110 Å². The predicted octanol–water partition coefficient (Wildman–Crippen LogP) is 3.37. The lowest BCUT2D eigenvalue weighted by Gasteiger charge is -2.30. The molecule has 0 bridgehead atoms. The summed E-state index contributed by atoms with van der Waals surface area (Å²) < 4.78 is 49.0. The lowest BCUT2D eigenvalue weighted by atomic mass is 9.99. The molecule has 1 aromatic heterocycles. The van der Waals surface area contributed by atoms with Crippen LogP contribution in [0.1, 0.15) is 26.7 Å². The first-order chi connectivity index (χ1) is 17.7. The first kappa shape index (κ1) is 27.1. The predicted molar refractivity (Wildman–Crippen MR) is 139 cm³/mol. The fourth-order valence-corrected chi connectivity index (χ4v) is 6.88. The highest BCUT2D eigenvalue weighted by Gasteiger charge is 2.33. The van der Waals surface area contributed by atoms with Gasteiger partial charge in [-0.1, -0.05) is 11.3 Å². The van der Waals surface area contributed by atoms with Crippen LogP contribution >= 0.6 is 11.3 Å². The van der Waals surface area contributed by atoms with Crippen molar-refractivity contribution >= 4 is 49.1 Å². The van der Waals surface area contributed by atoms with E-state index in [-0.39, 0.29) is 23.9 Å². The summed E-state index contributed by atoms with van der Waals surface area (Å²) in [6.07, 6.45) is 1.04. The number of ether oxygens (including phenoxy) is 1. The molecule has 37 heavy (non-hydrogen) atoms. The summed E-state index contributed by atoms with van der Waals surface area (Å²) in [7, 11) is -3.86. The van der Waals surface area contributed by atoms with Crippen LogP contribution in [0, 0.1) is 11.7 Å². The van der Waals surface area contributed by atoms with Crippen LogP contribution in [0.5, 0.6) is 0 Å². The Hall–Kier alpha value is -2.93. The molecular weight excluding hydrogens is 519 g/mol. The molecule has 3 aromatic rings. The molecule has 1 atom stereocenters. The van der Waals surface area contributed by atoms with Gasteiger partial charge in [-0.25, -0.2) is 12.8 Å². The van der Waals surface area contributed by atoms with Gasteiger partial charge in [-0.05, 0) is 62.2 Å². The second-order valence-corrected chi connectivity index (χ2v) is 11.7. The third-order valence-corrected chi connectivity index (χ3v) is 8.98. The molecule has 0 aliphatic carbocycles. The average Bonchev–Trinajstić information content (AvgIpc) is 3.20. The molecule has 9 nitrogen and oxygen atoms in total. The van der Waals surface area contributed by atoms with Crippen LogP contribution in [-0.4, -0.2) is 55.4 Å². The van der Waals surface area contributed by atoms with E-state index in [0.29, 0.717) is 43.1 Å². The van der Waals surface area contributed by atoms with Crippen LogP contribution in [-0.2, 0) is 30.9 Å². The molecule has 1 saturated heterocycles. The maximum absolute atomic E-state index is 13.3. The van der Waals surface area contributed by atoms with E-state index < -0.39 is 27.7 Å². The number of anilines is 1. The zero-order valence-electron chi connectivity index (χ0n) is 20.6. The molecule has 2 heterocycles. The van der Waals surface area contributed by atoms with Gasteiger partial charge in [0.1, 0.15) is 5.82 Å². The number of amides is 2. The van der Waals surface area contributed by atoms with Gasteiger partial charge in [0, 0.05) is 38.9 Å². The smallest absolute Gasteiger partial charge is 0.252 e. The molecule has 1 aliphatic rings. The van der Waals surface area contributed by atoms with E-state index in [0.717, 1.165) is 22.3 Å². The van der Waals surface area contributed by atoms with Gasteiger partial charge in [0.2, 0.25) is 15.9 Å². The number of hydrogen-bond acceptors (Lipinski definition) is 6. The number of thiazole rings is 1. The highest BCUT2D eigenvalue weighted by molar-refractivity contribution is 7.89. The Morgan fingerprint density at radius 1 is 1.22 bits per heavy atom. The number of rotatable bonds is 8. The normalized spacial score (nSPS) is 17.3. The summed E-state index contributed by atoms with van der Waals surface area (Å²) in [5, 5.41) is 2.76. The van der Waals surface area contributed by atoms with Crippen molar-refractivity contribution in [1.29, 1.82) is 0 Å². The van der Waals surface area contributed by atoms with Crippen molar-refractivity contribution in [3.05, 3.63) is 53.1 Å². The fraction of sp³-hybridized carbons (Fsp3) is 0.400. The number of benzene rings is 2. The van der Waals surface area contributed by atoms with Gasteiger partial charge in [0.05, 0.1) is 27.6 Å². The maximum atomic E-state index is 13.3. The molecule has 1 aliphatic heterocycles. The summed E-state index contributed by atoms with van der Waals surface area (Å²) >= 11 is 1.32. The van der Waals surface area contributed by atoms with E-state index in [2.05, 4.69) is 10.3 Å². The van der Waals surface area contributed by atoms with Gasteiger partial charge in [0.15, 0.2) is 4.80 Å². The van der Waals surface area contributed by atoms with E-state index in [1.165, 1.54) is 34.7 Å². The van der Waals surface area contributed by atoms with Crippen LogP contribution in [0.3, 0.4) is 0 Å². The number of hydrogen-bond donors (Lipinski definition) is 1. The monoisotopic (exact) mass is 548 g/mol. The molecule has 2 aromatic carbocycles. The van der Waals surface area contributed by atoms with E-state index in [9.17, 15) is 22.4 Å². The Morgan fingerprint density at radius 2 is 1.97 bits per heavy atom. The summed E-state index contributed by atoms with van der Waals surface area (Å²) in [6, 6.07) is 10.2. The van der Waals surface area contributed by atoms with Crippen LogP contribution in [0.4, 0.5) is 10.1 Å². The number of halogens is 1. The zero-order valence-corrected chi connectivity index (χ0v) is 22.3. The van der Waals surface area contributed by atoms with Gasteiger partial charge in [-0.2, -0.15) is 9.30 Å². The Bertz CT molecular complexity index is 1460. The molecule has 0 radical (unpaired) electrons. The van der Waals surface area contributed by atoms with Gasteiger partial charge in [0.25, 0.3) is 5.91 Å². The van der Waals surface area contributed by atoms with Gasteiger partial charge in [-0.3, -0.25) is 9.59 Å². The molecule has 198 valence electrons. The summed E-state index contributed by atoms with van der Waals surface area (Å²) in [5.74, 6) is -1.69. The fourth-order valence-electron chi connectivity index (χ4n) is 4.26. The van der Waals surface area contributed by atoms with Crippen LogP contribution < -0.4 is 10.1 Å². The number of nitrogens with one attached hydrogen (secondary N) is 1. The van der Waals surface area contributed by atoms with Crippen molar-refractivity contribution in [2.75, 3.05) is 31.6 Å². The molecular formula is C25H29FN4O5S2. The molecule has 0 spiro atoms. The minimum Gasteiger partial charge on any atom is -0.380 e. The van der Waals surface area contributed by atoms with Crippen LogP contribution in [0.2, 0.25) is 0 Å². The lowest BCUT2D eigenvalue weighted by Crippen LogP contribution is -2.42. The highest BCUT2D eigenvalue weighted by atomic mass is 32.2. The number of nitrogens with zero attached hydrogens (tertiary/aromatic N) is 3. The largest absolute Gasteiger partial charge is 0.380 e. The van der Waals surface area contributed by atoms with Gasteiger partial charge in [-0.15, -0.1) is 0 Å². The number of carbonyl (C=O) groups excluding carboxylic acids is 2. The van der Waals surface area contributed by atoms with Crippen LogP contribution in [0.15, 0.2) is 52.4 Å². The number of fused-ring (bicyclic) bond motifs is 1. The van der Waals surface area contributed by atoms with Crippen molar-refractivity contribution in [3.63, 3.8) is 0 Å². The third kappa shape index (κ3) is 6.32. The maximum Gasteiger partial charge on any atom is 0.252 e. The van der Waals surface area contributed by atoms with Crippen molar-refractivity contribution in [1.82, 2.24) is 8.87 Å². The van der Waals surface area contributed by atoms with Crippen molar-refractivity contribution < 1.29 is 27.1 Å². The molecule has 12 heteroatoms. The second kappa shape index (κ2) is 11.6. The Morgan fingerprint density at radius 3 is 2.68 bits per heavy atom. The first-order valence-corrected chi connectivity index (χ1v) is 14.3. The highest BCUT2D eigenvalue weighted by Crippen LogP contribution is 2.26. The minimum atomic E-state index is -3.86. The molecule has 1 fully saturated rings. The summed E-state index contributed by atoms with van der Waals surface area (Å²) in [5.41, 5.74) is 1.50. The van der Waals surface area contributed by atoms with E-state index in [1.807, 2.05) is 23.6 Å². The molecule has 4 rings (SSSR count). The SMILES string of the molecule is CCOCCn1c(=NC(=O)C2CCCN(S(=O)(=O)c3ccc(F)cc3)C2)sc2cc(NC(C)=O)ccc21. The van der Waals surface area contributed by atoms with E-state index in [4.69, 9.17) is 4.74 Å². The molecule has 1 N–H and O–H groups in total. The van der Waals surface area contributed by atoms with Crippen molar-refractivity contribution in [3.8, 4) is 0 Å². The number of aromatic nitrogens is 1. The zero-order chi connectivity index (χ0) is 26.6. The Balaban J connectivity index is 1.62. The van der Waals surface area contributed by atoms with Crippen molar-refractivity contribution in [2.24, 2.45) is 10.9 Å². The molecule has 2 amide bonds. The quantitative estimate of drug-likeness (QED) is 0.434. The summed E-state index contributed by atoms with van der Waals surface area (Å²) in [6.45, 7) is 5.11. The average molecular weight is 549 g/mol.